The number of carbonyl (C=O) groups excluding carboxylic acids is 1. The van der Waals surface area contributed by atoms with Gasteiger partial charge < -0.3 is 19.8 Å². The molecular formula is C28H27N5O3S. The van der Waals surface area contributed by atoms with Crippen LogP contribution in [0.15, 0.2) is 72.0 Å². The Morgan fingerprint density at radius 3 is 2.54 bits per heavy atom. The minimum Gasteiger partial charge on any atom is -0.497 e. The fraction of sp³-hybridized carbons (Fsp3) is 0.179. The fourth-order valence-corrected chi connectivity index (χ4v) is 5.10. The van der Waals surface area contributed by atoms with Crippen LogP contribution in [0.3, 0.4) is 0 Å². The number of carbonyl (C=O) groups is 1. The lowest BCUT2D eigenvalue weighted by atomic mass is 10.1. The van der Waals surface area contributed by atoms with Gasteiger partial charge in [-0.2, -0.15) is 0 Å². The number of nitrogens with zero attached hydrogens (tertiary/aromatic N) is 3. The van der Waals surface area contributed by atoms with Gasteiger partial charge >= 0.3 is 0 Å². The van der Waals surface area contributed by atoms with Crippen LogP contribution in [-0.2, 0) is 4.79 Å². The van der Waals surface area contributed by atoms with Crippen LogP contribution in [0, 0.1) is 13.8 Å². The molecule has 188 valence electrons. The van der Waals surface area contributed by atoms with Gasteiger partial charge in [-0.05, 0) is 55.3 Å². The summed E-state index contributed by atoms with van der Waals surface area (Å²) in [4.78, 5) is 16.2. The van der Waals surface area contributed by atoms with Crippen molar-refractivity contribution >= 4 is 34.3 Å². The Kier molecular flexibility index (Phi) is 6.87. The van der Waals surface area contributed by atoms with Crippen LogP contribution in [-0.4, -0.2) is 45.6 Å². The van der Waals surface area contributed by atoms with Gasteiger partial charge in [-0.15, -0.1) is 10.2 Å². The topological polar surface area (TPSA) is 94.1 Å². The lowest BCUT2D eigenvalue weighted by molar-refractivity contribution is -0.113. The molecule has 2 aromatic heterocycles. The number of methoxy groups -OCH3 is 2. The maximum absolute atomic E-state index is 12.9. The first-order valence-electron chi connectivity index (χ1n) is 11.7. The molecule has 0 bridgehead atoms. The number of thioether (sulfide) groups is 1. The molecule has 0 saturated carbocycles. The third kappa shape index (κ3) is 5.03. The summed E-state index contributed by atoms with van der Waals surface area (Å²) >= 11 is 1.30. The van der Waals surface area contributed by atoms with Crippen molar-refractivity contribution in [1.82, 2.24) is 19.7 Å². The maximum Gasteiger partial charge on any atom is 0.234 e. The molecule has 0 aliphatic carbocycles. The Bertz CT molecular complexity index is 1570. The lowest BCUT2D eigenvalue weighted by Gasteiger charge is -2.15. The summed E-state index contributed by atoms with van der Waals surface area (Å²) in [6.45, 7) is 4.02. The summed E-state index contributed by atoms with van der Waals surface area (Å²) in [6, 6.07) is 19.5. The fourth-order valence-electron chi connectivity index (χ4n) is 4.36. The predicted molar refractivity (Wildman–Crippen MR) is 147 cm³/mol. The largest absolute Gasteiger partial charge is 0.497 e. The first-order chi connectivity index (χ1) is 18.0. The Labute approximate surface area is 219 Å². The standard InChI is InChI=1S/C28H27N5O3S/c1-17-11-18(2)13-19(12-17)30-26(34)16-37-28-32-31-27(22-15-29-23-8-6-5-7-21(22)23)33(28)24-14-20(35-3)9-10-25(24)36-4/h5-15,29H,16H2,1-4H3,(H,30,34). The van der Waals surface area contributed by atoms with Crippen LogP contribution in [0.5, 0.6) is 11.5 Å². The van der Waals surface area contributed by atoms with Crippen molar-refractivity contribution < 1.29 is 14.3 Å². The number of ether oxygens (including phenoxy) is 2. The average Bonchev–Trinajstić information content (AvgIpc) is 3.50. The quantitative estimate of drug-likeness (QED) is 0.256. The summed E-state index contributed by atoms with van der Waals surface area (Å²) in [6.07, 6.45) is 1.92. The van der Waals surface area contributed by atoms with Gasteiger partial charge in [0, 0.05) is 34.4 Å². The number of aryl methyl sites for hydroxylation is 2. The summed E-state index contributed by atoms with van der Waals surface area (Å²) in [5, 5.41) is 13.6. The van der Waals surface area contributed by atoms with Crippen LogP contribution in [0.1, 0.15) is 11.1 Å². The Hall–Kier alpha value is -4.24. The second-order valence-corrected chi connectivity index (χ2v) is 9.58. The Balaban J connectivity index is 1.53. The van der Waals surface area contributed by atoms with Crippen molar-refractivity contribution in [2.24, 2.45) is 0 Å². The van der Waals surface area contributed by atoms with E-state index in [0.29, 0.717) is 28.2 Å². The van der Waals surface area contributed by atoms with E-state index in [1.165, 1.54) is 11.8 Å². The predicted octanol–water partition coefficient (Wildman–Crippen LogP) is 5.78. The van der Waals surface area contributed by atoms with Gasteiger partial charge in [0.2, 0.25) is 5.91 Å². The van der Waals surface area contributed by atoms with Crippen molar-refractivity contribution in [3.63, 3.8) is 0 Å². The number of aromatic nitrogens is 4. The minimum atomic E-state index is -0.129. The minimum absolute atomic E-state index is 0.129. The zero-order chi connectivity index (χ0) is 25.9. The third-order valence-electron chi connectivity index (χ3n) is 5.93. The van der Waals surface area contributed by atoms with Crippen molar-refractivity contribution in [2.45, 2.75) is 19.0 Å². The normalized spacial score (nSPS) is 11.0. The van der Waals surface area contributed by atoms with E-state index < -0.39 is 0 Å². The number of aromatic amines is 1. The number of nitrogens with one attached hydrogen (secondary N) is 2. The molecule has 0 aliphatic rings. The zero-order valence-electron chi connectivity index (χ0n) is 21.0. The molecule has 0 fully saturated rings. The third-order valence-corrected chi connectivity index (χ3v) is 6.86. The van der Waals surface area contributed by atoms with E-state index in [1.54, 1.807) is 14.2 Å². The molecule has 3 aromatic carbocycles. The number of amides is 1. The highest BCUT2D eigenvalue weighted by Gasteiger charge is 2.22. The van der Waals surface area contributed by atoms with Crippen molar-refractivity contribution in [3.05, 3.63) is 78.0 Å². The highest BCUT2D eigenvalue weighted by atomic mass is 32.2. The van der Waals surface area contributed by atoms with Crippen molar-refractivity contribution in [1.29, 1.82) is 0 Å². The number of hydrogen-bond donors (Lipinski definition) is 2. The van der Waals surface area contributed by atoms with E-state index in [4.69, 9.17) is 9.47 Å². The number of anilines is 1. The molecule has 0 atom stereocenters. The van der Waals surface area contributed by atoms with Gasteiger partial charge in [-0.1, -0.05) is 36.0 Å². The van der Waals surface area contributed by atoms with E-state index in [1.807, 2.05) is 79.2 Å². The second kappa shape index (κ2) is 10.4. The molecule has 1 amide bonds. The van der Waals surface area contributed by atoms with Gasteiger partial charge in [0.1, 0.15) is 11.5 Å². The Morgan fingerprint density at radius 2 is 1.78 bits per heavy atom. The van der Waals surface area contributed by atoms with E-state index >= 15 is 0 Å². The number of para-hydroxylation sites is 1. The highest BCUT2D eigenvalue weighted by molar-refractivity contribution is 7.99. The summed E-state index contributed by atoms with van der Waals surface area (Å²) in [5.74, 6) is 1.95. The molecule has 37 heavy (non-hydrogen) atoms. The first kappa shape index (κ1) is 24.5. The lowest BCUT2D eigenvalue weighted by Crippen LogP contribution is -2.15. The van der Waals surface area contributed by atoms with Gasteiger partial charge in [0.05, 0.1) is 25.7 Å². The molecule has 9 heteroatoms. The first-order valence-corrected chi connectivity index (χ1v) is 12.7. The van der Waals surface area contributed by atoms with Gasteiger partial charge in [-0.25, -0.2) is 0 Å². The molecule has 0 aliphatic heterocycles. The Morgan fingerprint density at radius 1 is 1.00 bits per heavy atom. The smallest absolute Gasteiger partial charge is 0.234 e. The monoisotopic (exact) mass is 513 g/mol. The number of fused-ring (bicyclic) bond motifs is 1. The molecular weight excluding hydrogens is 486 g/mol. The number of rotatable bonds is 8. The summed E-state index contributed by atoms with van der Waals surface area (Å²) in [7, 11) is 3.23. The van der Waals surface area contributed by atoms with E-state index in [2.05, 4.69) is 26.6 Å². The molecule has 5 aromatic rings. The average molecular weight is 514 g/mol. The van der Waals surface area contributed by atoms with E-state index in [-0.39, 0.29) is 11.7 Å². The summed E-state index contributed by atoms with van der Waals surface area (Å²) < 4.78 is 13.1. The van der Waals surface area contributed by atoms with E-state index in [0.717, 1.165) is 33.3 Å². The number of hydrogen-bond acceptors (Lipinski definition) is 6. The van der Waals surface area contributed by atoms with Crippen molar-refractivity contribution in [3.8, 4) is 28.6 Å². The molecule has 0 spiro atoms. The molecule has 8 nitrogen and oxygen atoms in total. The van der Waals surface area contributed by atoms with Crippen LogP contribution < -0.4 is 14.8 Å². The SMILES string of the molecule is COc1ccc(OC)c(-n2c(SCC(=O)Nc3cc(C)cc(C)c3)nnc2-c2c[nH]c3ccccc23)c1. The number of benzene rings is 3. The van der Waals surface area contributed by atoms with Gasteiger partial charge in [0.25, 0.3) is 0 Å². The molecule has 0 radical (unpaired) electrons. The zero-order valence-corrected chi connectivity index (χ0v) is 21.8. The van der Waals surface area contributed by atoms with Crippen LogP contribution in [0.4, 0.5) is 5.69 Å². The van der Waals surface area contributed by atoms with Gasteiger partial charge in [0.15, 0.2) is 11.0 Å². The molecule has 0 unspecified atom stereocenters. The van der Waals surface area contributed by atoms with Gasteiger partial charge in [-0.3, -0.25) is 9.36 Å². The van der Waals surface area contributed by atoms with Crippen LogP contribution in [0.2, 0.25) is 0 Å². The highest BCUT2D eigenvalue weighted by Crippen LogP contribution is 2.37. The summed E-state index contributed by atoms with van der Waals surface area (Å²) in [5.41, 5.74) is 5.56. The molecule has 5 rings (SSSR count). The maximum atomic E-state index is 12.9. The molecule has 0 saturated heterocycles. The number of H-pyrrole nitrogens is 1. The molecule has 2 N–H and O–H groups in total. The van der Waals surface area contributed by atoms with Crippen LogP contribution >= 0.6 is 11.8 Å². The van der Waals surface area contributed by atoms with E-state index in [9.17, 15) is 4.79 Å². The molecule has 2 heterocycles. The second-order valence-electron chi connectivity index (χ2n) is 8.64. The van der Waals surface area contributed by atoms with Crippen LogP contribution in [0.25, 0.3) is 28.0 Å². The van der Waals surface area contributed by atoms with Crippen molar-refractivity contribution in [2.75, 3.05) is 25.3 Å².